The molecule has 1 amide bonds. The number of hydrogen-bond acceptors (Lipinski definition) is 3. The van der Waals surface area contributed by atoms with Crippen LogP contribution in [0.3, 0.4) is 0 Å². The topological polar surface area (TPSA) is 52.2 Å². The lowest BCUT2D eigenvalue weighted by atomic mass is 10.1. The number of amides is 1. The molecule has 0 unspecified atom stereocenters. The van der Waals surface area contributed by atoms with E-state index in [1.54, 1.807) is 0 Å². The van der Waals surface area contributed by atoms with Crippen molar-refractivity contribution in [2.45, 2.75) is 39.7 Å². The minimum Gasteiger partial charge on any atom is -0.367 e. The van der Waals surface area contributed by atoms with Crippen LogP contribution in [0, 0.1) is 6.92 Å². The van der Waals surface area contributed by atoms with Crippen molar-refractivity contribution in [3.8, 4) is 0 Å². The van der Waals surface area contributed by atoms with Gasteiger partial charge in [-0.2, -0.15) is 5.10 Å². The Hall–Kier alpha value is -2.30. The third-order valence-electron chi connectivity index (χ3n) is 4.71. The van der Waals surface area contributed by atoms with E-state index < -0.39 is 0 Å². The first-order valence-electron chi connectivity index (χ1n) is 8.76. The highest BCUT2D eigenvalue weighted by Gasteiger charge is 2.29. The van der Waals surface area contributed by atoms with Crippen LogP contribution in [0.25, 0.3) is 0 Å². The molecule has 5 heteroatoms. The molecule has 5 nitrogen and oxygen atoms in total. The quantitative estimate of drug-likeness (QED) is 0.939. The predicted octanol–water partition coefficient (Wildman–Crippen LogP) is 3.02. The minimum atomic E-state index is 0.0329. The molecule has 0 aliphatic carbocycles. The van der Waals surface area contributed by atoms with Gasteiger partial charge in [0.15, 0.2) is 0 Å². The molecule has 0 radical (unpaired) electrons. The first kappa shape index (κ1) is 16.6. The van der Waals surface area contributed by atoms with Gasteiger partial charge in [-0.3, -0.25) is 9.89 Å². The van der Waals surface area contributed by atoms with E-state index in [4.69, 9.17) is 0 Å². The lowest BCUT2D eigenvalue weighted by molar-refractivity contribution is 0.0668. The maximum atomic E-state index is 12.8. The monoisotopic (exact) mass is 326 g/mol. The normalized spacial score (nSPS) is 18.0. The fourth-order valence-electron chi connectivity index (χ4n) is 3.41. The summed E-state index contributed by atoms with van der Waals surface area (Å²) in [5.41, 5.74) is 4.11. The Labute approximate surface area is 143 Å². The molecular formula is C19H26N4O. The Bertz CT molecular complexity index is 709. The van der Waals surface area contributed by atoms with Gasteiger partial charge < -0.3 is 9.80 Å². The van der Waals surface area contributed by atoms with Crippen molar-refractivity contribution in [1.29, 1.82) is 0 Å². The van der Waals surface area contributed by atoms with Crippen LogP contribution in [0.5, 0.6) is 0 Å². The van der Waals surface area contributed by atoms with Gasteiger partial charge in [-0.1, -0.05) is 31.5 Å². The van der Waals surface area contributed by atoms with Crippen LogP contribution >= 0.6 is 0 Å². The smallest absolute Gasteiger partial charge is 0.274 e. The summed E-state index contributed by atoms with van der Waals surface area (Å²) in [6.45, 7) is 8.80. The maximum absolute atomic E-state index is 12.8. The summed E-state index contributed by atoms with van der Waals surface area (Å²) in [5.74, 6) is 0.0329. The highest BCUT2D eigenvalue weighted by Crippen LogP contribution is 2.23. The van der Waals surface area contributed by atoms with Crippen LogP contribution in [0.2, 0.25) is 0 Å². The molecule has 1 saturated heterocycles. The van der Waals surface area contributed by atoms with Crippen molar-refractivity contribution in [2.75, 3.05) is 24.5 Å². The summed E-state index contributed by atoms with van der Waals surface area (Å²) in [6.07, 6.45) is 1.97. The molecule has 3 rings (SSSR count). The first-order chi connectivity index (χ1) is 11.6. The van der Waals surface area contributed by atoms with Gasteiger partial charge in [-0.05, 0) is 38.0 Å². The summed E-state index contributed by atoms with van der Waals surface area (Å²) < 4.78 is 0. The second kappa shape index (κ2) is 7.07. The van der Waals surface area contributed by atoms with Crippen LogP contribution in [-0.4, -0.2) is 46.7 Å². The first-order valence-corrected chi connectivity index (χ1v) is 8.76. The molecule has 0 spiro atoms. The Morgan fingerprint density at radius 3 is 2.83 bits per heavy atom. The molecule has 1 aromatic carbocycles. The molecule has 0 bridgehead atoms. The largest absolute Gasteiger partial charge is 0.367 e. The summed E-state index contributed by atoms with van der Waals surface area (Å²) in [7, 11) is 0. The molecule has 1 atom stereocenters. The number of aromatic amines is 1. The van der Waals surface area contributed by atoms with Crippen molar-refractivity contribution >= 4 is 11.6 Å². The summed E-state index contributed by atoms with van der Waals surface area (Å²) in [4.78, 5) is 17.1. The standard InChI is InChI=1S/C19H26N4O/c1-4-7-16-12-17(21-20-16)19(24)23-11-10-22(13-15(23)3)18-9-6-5-8-14(18)2/h5-6,8-9,12,15H,4,7,10-11,13H2,1-3H3,(H,20,21)/t15-/m1/s1. The number of aryl methyl sites for hydroxylation is 2. The Balaban J connectivity index is 1.69. The second-order valence-electron chi connectivity index (χ2n) is 6.61. The highest BCUT2D eigenvalue weighted by molar-refractivity contribution is 5.92. The van der Waals surface area contributed by atoms with Gasteiger partial charge in [0.05, 0.1) is 0 Å². The van der Waals surface area contributed by atoms with Gasteiger partial charge in [0.1, 0.15) is 5.69 Å². The van der Waals surface area contributed by atoms with Crippen LogP contribution in [0.4, 0.5) is 5.69 Å². The molecule has 2 aromatic rings. The lowest BCUT2D eigenvalue weighted by Gasteiger charge is -2.41. The number of nitrogens with one attached hydrogen (secondary N) is 1. The van der Waals surface area contributed by atoms with Crippen LogP contribution in [0.1, 0.15) is 42.0 Å². The summed E-state index contributed by atoms with van der Waals surface area (Å²) in [6, 6.07) is 10.5. The van der Waals surface area contributed by atoms with E-state index in [0.29, 0.717) is 5.69 Å². The third-order valence-corrected chi connectivity index (χ3v) is 4.71. The number of rotatable bonds is 4. The van der Waals surface area contributed by atoms with Crippen molar-refractivity contribution in [3.63, 3.8) is 0 Å². The zero-order chi connectivity index (χ0) is 17.1. The molecule has 128 valence electrons. The number of carbonyl (C=O) groups is 1. The lowest BCUT2D eigenvalue weighted by Crippen LogP contribution is -2.54. The molecule has 2 heterocycles. The summed E-state index contributed by atoms with van der Waals surface area (Å²) in [5, 5.41) is 7.18. The van der Waals surface area contributed by atoms with Gasteiger partial charge in [0.25, 0.3) is 5.91 Å². The highest BCUT2D eigenvalue weighted by atomic mass is 16.2. The number of nitrogens with zero attached hydrogens (tertiary/aromatic N) is 3. The van der Waals surface area contributed by atoms with Crippen molar-refractivity contribution in [2.24, 2.45) is 0 Å². The Kier molecular flexibility index (Phi) is 4.88. The maximum Gasteiger partial charge on any atom is 0.274 e. The molecule has 1 aliphatic rings. The SMILES string of the molecule is CCCc1cc(C(=O)N2CCN(c3ccccc3C)C[C@H]2C)n[nH]1. The molecule has 1 fully saturated rings. The van der Waals surface area contributed by atoms with Crippen LogP contribution in [0.15, 0.2) is 30.3 Å². The van der Waals surface area contributed by atoms with Crippen LogP contribution < -0.4 is 4.90 Å². The van der Waals surface area contributed by atoms with Crippen molar-refractivity contribution in [3.05, 3.63) is 47.3 Å². The van der Waals surface area contributed by atoms with E-state index in [2.05, 4.69) is 60.1 Å². The molecule has 24 heavy (non-hydrogen) atoms. The van der Waals surface area contributed by atoms with Gasteiger partial charge in [-0.15, -0.1) is 0 Å². The van der Waals surface area contributed by atoms with E-state index >= 15 is 0 Å². The average molecular weight is 326 g/mol. The molecule has 0 saturated carbocycles. The molecule has 1 aliphatic heterocycles. The zero-order valence-corrected chi connectivity index (χ0v) is 14.7. The van der Waals surface area contributed by atoms with E-state index in [-0.39, 0.29) is 11.9 Å². The van der Waals surface area contributed by atoms with Crippen molar-refractivity contribution in [1.82, 2.24) is 15.1 Å². The van der Waals surface area contributed by atoms with Crippen LogP contribution in [-0.2, 0) is 6.42 Å². The number of carbonyl (C=O) groups excluding carboxylic acids is 1. The number of aromatic nitrogens is 2. The fraction of sp³-hybridized carbons (Fsp3) is 0.474. The minimum absolute atomic E-state index is 0.0329. The third kappa shape index (κ3) is 3.30. The fourth-order valence-corrected chi connectivity index (χ4v) is 3.41. The molecular weight excluding hydrogens is 300 g/mol. The second-order valence-corrected chi connectivity index (χ2v) is 6.61. The number of benzene rings is 1. The predicted molar refractivity (Wildman–Crippen MR) is 96.5 cm³/mol. The van der Waals surface area contributed by atoms with Gasteiger partial charge in [0.2, 0.25) is 0 Å². The Morgan fingerprint density at radius 1 is 1.33 bits per heavy atom. The van der Waals surface area contributed by atoms with Crippen molar-refractivity contribution < 1.29 is 4.79 Å². The van der Waals surface area contributed by atoms with Gasteiger partial charge >= 0.3 is 0 Å². The van der Waals surface area contributed by atoms with E-state index in [9.17, 15) is 4.79 Å². The number of hydrogen-bond donors (Lipinski definition) is 1. The van der Waals surface area contributed by atoms with E-state index in [1.807, 2.05) is 11.0 Å². The number of H-pyrrole nitrogens is 1. The van der Waals surface area contributed by atoms with Gasteiger partial charge in [0, 0.05) is 37.1 Å². The van der Waals surface area contributed by atoms with E-state index in [1.165, 1.54) is 11.3 Å². The van der Waals surface area contributed by atoms with E-state index in [0.717, 1.165) is 38.2 Å². The Morgan fingerprint density at radius 2 is 2.12 bits per heavy atom. The number of anilines is 1. The van der Waals surface area contributed by atoms with Gasteiger partial charge in [-0.25, -0.2) is 0 Å². The number of para-hydroxylation sites is 1. The zero-order valence-electron chi connectivity index (χ0n) is 14.7. The average Bonchev–Trinajstić information content (AvgIpc) is 3.04. The molecule has 1 aromatic heterocycles. The molecule has 1 N–H and O–H groups in total. The summed E-state index contributed by atoms with van der Waals surface area (Å²) >= 11 is 0. The number of piperazine rings is 1.